The van der Waals surface area contributed by atoms with Crippen LogP contribution < -0.4 is 4.74 Å². The van der Waals surface area contributed by atoms with Gasteiger partial charge in [-0.3, -0.25) is 0 Å². The van der Waals surface area contributed by atoms with E-state index >= 15 is 0 Å². The van der Waals surface area contributed by atoms with Gasteiger partial charge >= 0.3 is 0 Å². The molecule has 2 nitrogen and oxygen atoms in total. The Balaban J connectivity index is 2.68. The molecule has 0 amide bonds. The van der Waals surface area contributed by atoms with Gasteiger partial charge in [-0.2, -0.15) is 0 Å². The molecule has 0 saturated carbocycles. The van der Waals surface area contributed by atoms with E-state index in [-0.39, 0.29) is 0 Å². The predicted octanol–water partition coefficient (Wildman–Crippen LogP) is 3.85. The maximum absolute atomic E-state index is 9.59. The molecule has 0 aromatic heterocycles. The Morgan fingerprint density at radius 2 is 2.31 bits per heavy atom. The van der Waals surface area contributed by atoms with Crippen molar-refractivity contribution >= 4 is 15.9 Å². The summed E-state index contributed by atoms with van der Waals surface area (Å²) >= 11 is 3.39. The van der Waals surface area contributed by atoms with Gasteiger partial charge in [0.1, 0.15) is 5.75 Å². The van der Waals surface area contributed by atoms with Crippen molar-refractivity contribution < 1.29 is 9.84 Å². The lowest BCUT2D eigenvalue weighted by atomic mass is 10.1. The van der Waals surface area contributed by atoms with E-state index < -0.39 is 6.10 Å². The molecule has 0 aliphatic heterocycles. The number of aliphatic hydroxyl groups excluding tert-OH is 1. The molecule has 3 heteroatoms. The zero-order valence-corrected chi connectivity index (χ0v) is 11.0. The molecule has 0 radical (unpaired) electrons. The molecule has 1 N–H and O–H groups in total. The van der Waals surface area contributed by atoms with Crippen molar-refractivity contribution in [2.45, 2.75) is 25.9 Å². The van der Waals surface area contributed by atoms with Crippen LogP contribution in [-0.4, -0.2) is 11.7 Å². The van der Waals surface area contributed by atoms with E-state index in [0.717, 1.165) is 28.6 Å². The summed E-state index contributed by atoms with van der Waals surface area (Å²) in [5.74, 6) is 0.744. The van der Waals surface area contributed by atoms with Crippen LogP contribution in [0.1, 0.15) is 31.4 Å². The standard InChI is InChI=1S/C13H17BrO2/c1-3-4-5-8-16-13-9-11(14)6-7-12(13)10(2)15/h3,6-7,9-10,15H,1,4-5,8H2,2H3/t10-/m1/s1. The summed E-state index contributed by atoms with van der Waals surface area (Å²) < 4.78 is 6.60. The van der Waals surface area contributed by atoms with Gasteiger partial charge in [0.25, 0.3) is 0 Å². The van der Waals surface area contributed by atoms with Crippen LogP contribution in [-0.2, 0) is 0 Å². The predicted molar refractivity (Wildman–Crippen MR) is 69.7 cm³/mol. The number of benzene rings is 1. The lowest BCUT2D eigenvalue weighted by Gasteiger charge is -2.13. The molecule has 1 atom stereocenters. The minimum absolute atomic E-state index is 0.512. The first-order valence-corrected chi connectivity index (χ1v) is 6.15. The summed E-state index contributed by atoms with van der Waals surface area (Å²) in [6.45, 7) is 6.04. The van der Waals surface area contributed by atoms with Gasteiger partial charge in [-0.25, -0.2) is 0 Å². The fourth-order valence-corrected chi connectivity index (χ4v) is 1.73. The number of allylic oxidation sites excluding steroid dienone is 1. The van der Waals surface area contributed by atoms with Gasteiger partial charge in [0.2, 0.25) is 0 Å². The van der Waals surface area contributed by atoms with Crippen molar-refractivity contribution in [2.75, 3.05) is 6.61 Å². The second kappa shape index (κ2) is 6.71. The van der Waals surface area contributed by atoms with Crippen molar-refractivity contribution in [2.24, 2.45) is 0 Å². The summed E-state index contributed by atoms with van der Waals surface area (Å²) in [5, 5.41) is 9.59. The fourth-order valence-electron chi connectivity index (χ4n) is 1.39. The van der Waals surface area contributed by atoms with Crippen molar-refractivity contribution in [1.82, 2.24) is 0 Å². The monoisotopic (exact) mass is 284 g/mol. The van der Waals surface area contributed by atoms with E-state index in [9.17, 15) is 5.11 Å². The van der Waals surface area contributed by atoms with Crippen LogP contribution in [0.15, 0.2) is 35.3 Å². The highest BCUT2D eigenvalue weighted by atomic mass is 79.9. The Morgan fingerprint density at radius 1 is 1.56 bits per heavy atom. The first-order chi connectivity index (χ1) is 7.65. The third-order valence-electron chi connectivity index (χ3n) is 2.24. The number of hydrogen-bond acceptors (Lipinski definition) is 2. The number of halogens is 1. The highest BCUT2D eigenvalue weighted by Crippen LogP contribution is 2.28. The van der Waals surface area contributed by atoms with Crippen molar-refractivity contribution in [3.8, 4) is 5.75 Å². The molecule has 88 valence electrons. The van der Waals surface area contributed by atoms with Gasteiger partial charge in [0.15, 0.2) is 0 Å². The molecular weight excluding hydrogens is 268 g/mol. The first kappa shape index (κ1) is 13.3. The minimum Gasteiger partial charge on any atom is -0.493 e. The van der Waals surface area contributed by atoms with Crippen LogP contribution >= 0.6 is 15.9 Å². The van der Waals surface area contributed by atoms with Crippen LogP contribution in [0.2, 0.25) is 0 Å². The Hall–Kier alpha value is -0.800. The van der Waals surface area contributed by atoms with Gasteiger partial charge < -0.3 is 9.84 Å². The van der Waals surface area contributed by atoms with Gasteiger partial charge in [0.05, 0.1) is 12.7 Å². The zero-order valence-electron chi connectivity index (χ0n) is 9.45. The maximum atomic E-state index is 9.59. The average Bonchev–Trinajstić information content (AvgIpc) is 2.24. The topological polar surface area (TPSA) is 29.5 Å². The SMILES string of the molecule is C=CCCCOc1cc(Br)ccc1[C@@H](C)O. The smallest absolute Gasteiger partial charge is 0.126 e. The van der Waals surface area contributed by atoms with E-state index in [2.05, 4.69) is 22.5 Å². The van der Waals surface area contributed by atoms with Crippen LogP contribution in [0, 0.1) is 0 Å². The summed E-state index contributed by atoms with van der Waals surface area (Å²) in [6, 6.07) is 5.66. The van der Waals surface area contributed by atoms with Crippen molar-refractivity contribution in [3.05, 3.63) is 40.9 Å². The molecule has 0 bridgehead atoms. The molecule has 0 heterocycles. The number of aliphatic hydroxyl groups is 1. The van der Waals surface area contributed by atoms with Crippen molar-refractivity contribution in [1.29, 1.82) is 0 Å². The number of unbranched alkanes of at least 4 members (excludes halogenated alkanes) is 1. The van der Waals surface area contributed by atoms with E-state index in [0.29, 0.717) is 6.61 Å². The first-order valence-electron chi connectivity index (χ1n) is 5.36. The van der Waals surface area contributed by atoms with Gasteiger partial charge in [-0.05, 0) is 31.9 Å². The third kappa shape index (κ3) is 3.99. The van der Waals surface area contributed by atoms with Crippen LogP contribution in [0.5, 0.6) is 5.75 Å². The Bertz CT molecular complexity index is 348. The largest absolute Gasteiger partial charge is 0.493 e. The Labute approximate surface area is 105 Å². The molecule has 0 spiro atoms. The second-order valence-corrected chi connectivity index (χ2v) is 4.55. The molecule has 1 aromatic rings. The maximum Gasteiger partial charge on any atom is 0.126 e. The molecule has 1 aromatic carbocycles. The van der Waals surface area contributed by atoms with E-state index in [1.54, 1.807) is 6.92 Å². The molecule has 16 heavy (non-hydrogen) atoms. The van der Waals surface area contributed by atoms with Gasteiger partial charge in [-0.15, -0.1) is 6.58 Å². The Kier molecular flexibility index (Phi) is 5.56. The van der Waals surface area contributed by atoms with Crippen LogP contribution in [0.25, 0.3) is 0 Å². The minimum atomic E-state index is -0.512. The summed E-state index contributed by atoms with van der Waals surface area (Å²) in [5.41, 5.74) is 0.821. The number of rotatable bonds is 6. The number of ether oxygens (including phenoxy) is 1. The highest BCUT2D eigenvalue weighted by molar-refractivity contribution is 9.10. The second-order valence-electron chi connectivity index (χ2n) is 3.64. The van der Waals surface area contributed by atoms with E-state index in [4.69, 9.17) is 4.74 Å². The van der Waals surface area contributed by atoms with Crippen LogP contribution in [0.3, 0.4) is 0 Å². The third-order valence-corrected chi connectivity index (χ3v) is 2.73. The highest BCUT2D eigenvalue weighted by Gasteiger charge is 2.09. The molecule has 0 saturated heterocycles. The molecule has 0 aliphatic carbocycles. The molecule has 0 aliphatic rings. The molecule has 0 fully saturated rings. The van der Waals surface area contributed by atoms with Crippen molar-refractivity contribution in [3.63, 3.8) is 0 Å². The molecular formula is C13H17BrO2. The van der Waals surface area contributed by atoms with Crippen LogP contribution in [0.4, 0.5) is 0 Å². The molecule has 0 unspecified atom stereocenters. The Morgan fingerprint density at radius 3 is 2.94 bits per heavy atom. The normalized spacial score (nSPS) is 12.2. The average molecular weight is 285 g/mol. The lowest BCUT2D eigenvalue weighted by molar-refractivity contribution is 0.191. The molecule has 1 rings (SSSR count). The fraction of sp³-hybridized carbons (Fsp3) is 0.385. The number of hydrogen-bond donors (Lipinski definition) is 1. The summed E-state index contributed by atoms with van der Waals surface area (Å²) in [6.07, 6.45) is 3.25. The summed E-state index contributed by atoms with van der Waals surface area (Å²) in [4.78, 5) is 0. The van der Waals surface area contributed by atoms with E-state index in [1.165, 1.54) is 0 Å². The lowest BCUT2D eigenvalue weighted by Crippen LogP contribution is -2.02. The quantitative estimate of drug-likeness (QED) is 0.635. The summed E-state index contributed by atoms with van der Waals surface area (Å²) in [7, 11) is 0. The van der Waals surface area contributed by atoms with Gasteiger partial charge in [0, 0.05) is 10.0 Å². The van der Waals surface area contributed by atoms with Gasteiger partial charge in [-0.1, -0.05) is 28.1 Å². The van der Waals surface area contributed by atoms with E-state index in [1.807, 2.05) is 24.3 Å². The zero-order chi connectivity index (χ0) is 12.0.